The Kier molecular flexibility index (Phi) is 4.84. The molecule has 0 bridgehead atoms. The molecule has 2 aliphatic carbocycles. The maximum atomic E-state index is 12.6. The van der Waals surface area contributed by atoms with Gasteiger partial charge in [-0.1, -0.05) is 12.1 Å². The third-order valence-electron chi connectivity index (χ3n) is 5.09. The molecule has 2 fully saturated rings. The second-order valence-corrected chi connectivity index (χ2v) is 8.64. The average molecular weight is 346 g/mol. The van der Waals surface area contributed by atoms with Gasteiger partial charge in [-0.2, -0.15) is 0 Å². The van der Waals surface area contributed by atoms with E-state index in [1.807, 2.05) is 33.8 Å². The zero-order valence-electron chi connectivity index (χ0n) is 15.8. The standard InChI is InChI=1S/C21H30O4/c1-14-5-10-17(15-6-8-16(22)9-7-15)18(13-14)24-21(11-12-21)19(23)25-20(2,3)4/h5,10,13,15-16,22H,6-9,11-12H2,1-4H3/t15-,16+. The fourth-order valence-electron chi connectivity index (χ4n) is 3.50. The van der Waals surface area contributed by atoms with Crippen molar-refractivity contribution in [2.45, 2.75) is 89.4 Å². The van der Waals surface area contributed by atoms with Gasteiger partial charge in [0.2, 0.25) is 5.60 Å². The molecule has 0 amide bonds. The molecule has 0 saturated heterocycles. The first-order valence-corrected chi connectivity index (χ1v) is 9.40. The van der Waals surface area contributed by atoms with Gasteiger partial charge in [0.15, 0.2) is 0 Å². The van der Waals surface area contributed by atoms with Crippen molar-refractivity contribution >= 4 is 5.97 Å². The van der Waals surface area contributed by atoms with Crippen LogP contribution >= 0.6 is 0 Å². The van der Waals surface area contributed by atoms with Crippen molar-refractivity contribution in [2.75, 3.05) is 0 Å². The van der Waals surface area contributed by atoms with Gasteiger partial charge in [-0.25, -0.2) is 4.79 Å². The van der Waals surface area contributed by atoms with Crippen LogP contribution in [0.1, 0.15) is 76.3 Å². The monoisotopic (exact) mass is 346 g/mol. The van der Waals surface area contributed by atoms with Crippen molar-refractivity contribution in [3.63, 3.8) is 0 Å². The van der Waals surface area contributed by atoms with Crippen LogP contribution in [0.3, 0.4) is 0 Å². The summed E-state index contributed by atoms with van der Waals surface area (Å²) in [6.07, 6.45) is 4.81. The quantitative estimate of drug-likeness (QED) is 0.827. The lowest BCUT2D eigenvalue weighted by atomic mass is 9.82. The Morgan fingerprint density at radius 1 is 1.16 bits per heavy atom. The summed E-state index contributed by atoms with van der Waals surface area (Å²) in [5, 5.41) is 9.77. The number of benzene rings is 1. The van der Waals surface area contributed by atoms with Crippen LogP contribution in [-0.2, 0) is 9.53 Å². The lowest BCUT2D eigenvalue weighted by molar-refractivity contribution is -0.165. The van der Waals surface area contributed by atoms with Crippen LogP contribution in [0.15, 0.2) is 18.2 Å². The van der Waals surface area contributed by atoms with Crippen molar-refractivity contribution in [1.82, 2.24) is 0 Å². The van der Waals surface area contributed by atoms with Crippen LogP contribution in [0.2, 0.25) is 0 Å². The fourth-order valence-corrected chi connectivity index (χ4v) is 3.50. The van der Waals surface area contributed by atoms with E-state index in [4.69, 9.17) is 9.47 Å². The fraction of sp³-hybridized carbons (Fsp3) is 0.667. The Bertz CT molecular complexity index is 632. The van der Waals surface area contributed by atoms with E-state index in [0.717, 1.165) is 42.6 Å². The molecule has 1 aromatic carbocycles. The predicted octanol–water partition coefficient (Wildman–Crippen LogP) is 4.27. The number of ether oxygens (including phenoxy) is 2. The van der Waals surface area contributed by atoms with Crippen LogP contribution in [0.5, 0.6) is 5.75 Å². The van der Waals surface area contributed by atoms with E-state index in [9.17, 15) is 9.90 Å². The highest BCUT2D eigenvalue weighted by molar-refractivity contribution is 5.83. The maximum absolute atomic E-state index is 12.6. The molecular weight excluding hydrogens is 316 g/mol. The van der Waals surface area contributed by atoms with Crippen LogP contribution in [-0.4, -0.2) is 28.4 Å². The molecule has 0 radical (unpaired) electrons. The van der Waals surface area contributed by atoms with Crippen molar-refractivity contribution in [2.24, 2.45) is 0 Å². The highest BCUT2D eigenvalue weighted by Gasteiger charge is 2.55. The Labute approximate surface area is 150 Å². The summed E-state index contributed by atoms with van der Waals surface area (Å²) in [6, 6.07) is 6.25. The van der Waals surface area contributed by atoms with Gasteiger partial charge in [-0.15, -0.1) is 0 Å². The molecule has 25 heavy (non-hydrogen) atoms. The molecule has 2 saturated carbocycles. The topological polar surface area (TPSA) is 55.8 Å². The lowest BCUT2D eigenvalue weighted by Gasteiger charge is -2.29. The first-order chi connectivity index (χ1) is 11.7. The zero-order valence-corrected chi connectivity index (χ0v) is 15.8. The minimum atomic E-state index is -0.815. The first kappa shape index (κ1) is 18.2. The molecule has 4 heteroatoms. The van der Waals surface area contributed by atoms with Crippen LogP contribution < -0.4 is 4.74 Å². The summed E-state index contributed by atoms with van der Waals surface area (Å²) in [5.74, 6) is 0.935. The molecule has 0 unspecified atom stereocenters. The van der Waals surface area contributed by atoms with E-state index in [1.54, 1.807) is 0 Å². The average Bonchev–Trinajstić information content (AvgIpc) is 3.28. The summed E-state index contributed by atoms with van der Waals surface area (Å²) in [5.41, 5.74) is 0.955. The third-order valence-corrected chi connectivity index (χ3v) is 5.09. The Morgan fingerprint density at radius 3 is 2.36 bits per heavy atom. The lowest BCUT2D eigenvalue weighted by Crippen LogP contribution is -2.37. The smallest absolute Gasteiger partial charge is 0.351 e. The van der Waals surface area contributed by atoms with E-state index in [0.29, 0.717) is 18.8 Å². The molecule has 0 aromatic heterocycles. The van der Waals surface area contributed by atoms with Gasteiger partial charge >= 0.3 is 5.97 Å². The molecule has 3 rings (SSSR count). The van der Waals surface area contributed by atoms with Gasteiger partial charge < -0.3 is 14.6 Å². The number of hydrogen-bond donors (Lipinski definition) is 1. The maximum Gasteiger partial charge on any atom is 0.351 e. The Hall–Kier alpha value is -1.55. The van der Waals surface area contributed by atoms with Crippen molar-refractivity contribution in [3.8, 4) is 5.75 Å². The van der Waals surface area contributed by atoms with Gasteiger partial charge in [-0.05, 0) is 76.5 Å². The number of esters is 1. The Balaban J connectivity index is 1.80. The van der Waals surface area contributed by atoms with Crippen molar-refractivity contribution in [3.05, 3.63) is 29.3 Å². The Morgan fingerprint density at radius 2 is 1.80 bits per heavy atom. The number of aliphatic hydroxyl groups excluding tert-OH is 1. The molecule has 1 N–H and O–H groups in total. The van der Waals surface area contributed by atoms with Gasteiger partial charge in [0.05, 0.1) is 6.10 Å². The normalized spacial score (nSPS) is 25.3. The summed E-state index contributed by atoms with van der Waals surface area (Å²) in [4.78, 5) is 12.6. The number of rotatable bonds is 4. The van der Waals surface area contributed by atoms with E-state index < -0.39 is 11.2 Å². The number of carbonyl (C=O) groups is 1. The molecule has 0 spiro atoms. The summed E-state index contributed by atoms with van der Waals surface area (Å²) >= 11 is 0. The van der Waals surface area contributed by atoms with Gasteiger partial charge in [0.25, 0.3) is 0 Å². The first-order valence-electron chi connectivity index (χ1n) is 9.40. The molecule has 0 heterocycles. The highest BCUT2D eigenvalue weighted by atomic mass is 16.6. The SMILES string of the molecule is Cc1ccc([C@H]2CC[C@@H](O)CC2)c(OC2(C(=O)OC(C)(C)C)CC2)c1. The second-order valence-electron chi connectivity index (χ2n) is 8.64. The second kappa shape index (κ2) is 6.64. The summed E-state index contributed by atoms with van der Waals surface area (Å²) in [7, 11) is 0. The van der Waals surface area contributed by atoms with E-state index in [2.05, 4.69) is 12.1 Å². The molecule has 2 aliphatic rings. The van der Waals surface area contributed by atoms with E-state index in [-0.39, 0.29) is 12.1 Å². The molecule has 0 aliphatic heterocycles. The number of aryl methyl sites for hydroxylation is 1. The summed E-state index contributed by atoms with van der Waals surface area (Å²) < 4.78 is 11.8. The number of hydrogen-bond acceptors (Lipinski definition) is 4. The van der Waals surface area contributed by atoms with Crippen LogP contribution in [0.4, 0.5) is 0 Å². The molecular formula is C21H30O4. The zero-order chi connectivity index (χ0) is 18.2. The largest absolute Gasteiger partial charge is 0.475 e. The van der Waals surface area contributed by atoms with Crippen LogP contribution in [0.25, 0.3) is 0 Å². The highest BCUT2D eigenvalue weighted by Crippen LogP contribution is 2.46. The minimum absolute atomic E-state index is 0.178. The van der Waals surface area contributed by atoms with E-state index >= 15 is 0 Å². The molecule has 4 nitrogen and oxygen atoms in total. The van der Waals surface area contributed by atoms with Gasteiger partial charge in [0, 0.05) is 12.8 Å². The summed E-state index contributed by atoms with van der Waals surface area (Å²) in [6.45, 7) is 7.68. The molecule has 0 atom stereocenters. The van der Waals surface area contributed by atoms with Gasteiger partial charge in [0.1, 0.15) is 11.4 Å². The minimum Gasteiger partial charge on any atom is -0.475 e. The molecule has 1 aromatic rings. The van der Waals surface area contributed by atoms with Crippen LogP contribution in [0, 0.1) is 6.92 Å². The van der Waals surface area contributed by atoms with Gasteiger partial charge in [-0.3, -0.25) is 0 Å². The predicted molar refractivity (Wildman–Crippen MR) is 96.8 cm³/mol. The third kappa shape index (κ3) is 4.35. The van der Waals surface area contributed by atoms with E-state index in [1.165, 1.54) is 0 Å². The van der Waals surface area contributed by atoms with Crippen molar-refractivity contribution in [1.29, 1.82) is 0 Å². The van der Waals surface area contributed by atoms with Crippen molar-refractivity contribution < 1.29 is 19.4 Å². The number of aliphatic hydroxyl groups is 1. The number of carbonyl (C=O) groups excluding carboxylic acids is 1. The molecule has 138 valence electrons.